The zero-order chi connectivity index (χ0) is 27.0. The van der Waals surface area contributed by atoms with Crippen LogP contribution >= 0.6 is 0 Å². The van der Waals surface area contributed by atoms with Crippen LogP contribution in [0.15, 0.2) is 133 Å². The van der Waals surface area contributed by atoms with Crippen molar-refractivity contribution in [1.82, 2.24) is 0 Å². The molecule has 2 heteroatoms. The molecule has 190 valence electrons. The normalized spacial score (nSPS) is 13.6. The van der Waals surface area contributed by atoms with Crippen molar-refractivity contribution in [3.63, 3.8) is 0 Å². The summed E-state index contributed by atoms with van der Waals surface area (Å²) in [4.78, 5) is 0. The van der Waals surface area contributed by atoms with Crippen LogP contribution in [-0.4, -0.2) is 0 Å². The van der Waals surface area contributed by atoms with Crippen molar-refractivity contribution >= 4 is 21.5 Å². The van der Waals surface area contributed by atoms with Gasteiger partial charge in [-0.05, 0) is 63.9 Å². The van der Waals surface area contributed by atoms with Crippen LogP contribution in [0, 0.1) is 12.1 Å². The number of hydrogen-bond acceptors (Lipinski definition) is 2. The summed E-state index contributed by atoms with van der Waals surface area (Å²) in [5.41, 5.74) is 6.39. The van der Waals surface area contributed by atoms with Gasteiger partial charge in [0, 0.05) is 27.5 Å². The third-order valence-corrected chi connectivity index (χ3v) is 8.61. The predicted molar refractivity (Wildman–Crippen MR) is 163 cm³/mol. The lowest BCUT2D eigenvalue weighted by Crippen LogP contribution is -2.32. The van der Waals surface area contributed by atoms with Gasteiger partial charge in [0.05, 0.1) is 5.41 Å². The summed E-state index contributed by atoms with van der Waals surface area (Å²) in [6.07, 6.45) is 0. The Morgan fingerprint density at radius 1 is 0.537 bits per heavy atom. The van der Waals surface area contributed by atoms with Crippen LogP contribution in [-0.2, 0) is 5.41 Å². The van der Waals surface area contributed by atoms with E-state index in [1.165, 1.54) is 16.7 Å². The molecule has 41 heavy (non-hydrogen) atoms. The summed E-state index contributed by atoms with van der Waals surface area (Å²) >= 11 is 0. The molecule has 0 saturated carbocycles. The molecule has 0 saturated heterocycles. The Balaban J connectivity index is 1.41. The van der Waals surface area contributed by atoms with Crippen molar-refractivity contribution in [3.8, 4) is 34.1 Å². The maximum Gasteiger partial charge on any atom is 0.140 e. The lowest BCUT2D eigenvalue weighted by Gasteiger charge is -2.39. The summed E-state index contributed by atoms with van der Waals surface area (Å²) in [6, 6.07) is 53.2. The van der Waals surface area contributed by atoms with E-state index in [1.54, 1.807) is 0 Å². The van der Waals surface area contributed by atoms with Gasteiger partial charge in [-0.15, -0.1) is 0 Å². The first-order chi connectivity index (χ1) is 20.3. The minimum absolute atomic E-state index is 0.596. The van der Waals surface area contributed by atoms with Gasteiger partial charge >= 0.3 is 0 Å². The van der Waals surface area contributed by atoms with Gasteiger partial charge in [-0.3, -0.25) is 0 Å². The smallest absolute Gasteiger partial charge is 0.140 e. The van der Waals surface area contributed by atoms with Crippen LogP contribution in [0.25, 0.3) is 32.7 Å². The van der Waals surface area contributed by atoms with Crippen molar-refractivity contribution in [3.05, 3.63) is 168 Å². The molecule has 0 bridgehead atoms. The average molecular weight is 523 g/mol. The number of rotatable bonds is 2. The molecule has 2 aliphatic rings. The molecule has 0 fully saturated rings. The number of fused-ring (bicyclic) bond motifs is 13. The van der Waals surface area contributed by atoms with E-state index in [1.807, 2.05) is 42.5 Å². The molecule has 1 unspecified atom stereocenters. The van der Waals surface area contributed by atoms with Gasteiger partial charge in [0.25, 0.3) is 0 Å². The highest BCUT2D eigenvalue weighted by Crippen LogP contribution is 2.63. The Morgan fingerprint density at radius 3 is 2.12 bits per heavy atom. The third-order valence-electron chi connectivity index (χ3n) is 8.61. The molecule has 2 nitrogen and oxygen atoms in total. The third kappa shape index (κ3) is 2.98. The van der Waals surface area contributed by atoms with E-state index < -0.39 is 5.41 Å². The molecule has 1 aliphatic heterocycles. The zero-order valence-electron chi connectivity index (χ0n) is 22.0. The maximum atomic E-state index is 7.05. The molecule has 0 amide bonds. The molecule has 1 aliphatic carbocycles. The number of ether oxygens (including phenoxy) is 2. The highest BCUT2D eigenvalue weighted by molar-refractivity contribution is 5.99. The number of hydrogen-bond donors (Lipinski definition) is 0. The molecule has 0 radical (unpaired) electrons. The zero-order valence-corrected chi connectivity index (χ0v) is 22.0. The second kappa shape index (κ2) is 8.24. The first kappa shape index (κ1) is 22.3. The lowest BCUT2D eigenvalue weighted by atomic mass is 9.65. The van der Waals surface area contributed by atoms with Crippen LogP contribution in [0.5, 0.6) is 23.0 Å². The first-order valence-electron chi connectivity index (χ1n) is 13.9. The number of para-hydroxylation sites is 1. The number of benzene rings is 6. The van der Waals surface area contributed by atoms with Crippen molar-refractivity contribution in [1.29, 1.82) is 0 Å². The van der Waals surface area contributed by atoms with E-state index in [0.29, 0.717) is 0 Å². The summed E-state index contributed by atoms with van der Waals surface area (Å²) in [7, 11) is 0. The quantitative estimate of drug-likeness (QED) is 0.225. The van der Waals surface area contributed by atoms with Crippen LogP contribution in [0.1, 0.15) is 22.3 Å². The Bertz CT molecular complexity index is 2110. The van der Waals surface area contributed by atoms with Crippen LogP contribution < -0.4 is 9.47 Å². The topological polar surface area (TPSA) is 18.5 Å². The van der Waals surface area contributed by atoms with Gasteiger partial charge in [-0.25, -0.2) is 0 Å². The first-order valence-corrected chi connectivity index (χ1v) is 13.9. The van der Waals surface area contributed by atoms with E-state index in [9.17, 15) is 0 Å². The maximum absolute atomic E-state index is 7.05. The largest absolute Gasteiger partial charge is 0.457 e. The summed E-state index contributed by atoms with van der Waals surface area (Å²) in [5.74, 6) is 3.31. The lowest BCUT2D eigenvalue weighted by molar-refractivity contribution is 0.446. The molecular weight excluding hydrogens is 500 g/mol. The van der Waals surface area contributed by atoms with Gasteiger partial charge in [0.1, 0.15) is 23.0 Å². The molecule has 7 aromatic rings. The van der Waals surface area contributed by atoms with E-state index in [2.05, 4.69) is 103 Å². The van der Waals surface area contributed by atoms with Gasteiger partial charge in [0.2, 0.25) is 0 Å². The summed E-state index contributed by atoms with van der Waals surface area (Å²) < 4.78 is 13.3. The molecule has 1 heterocycles. The predicted octanol–water partition coefficient (Wildman–Crippen LogP) is 9.85. The molecule has 0 aromatic heterocycles. The van der Waals surface area contributed by atoms with Crippen LogP contribution in [0.3, 0.4) is 0 Å². The van der Waals surface area contributed by atoms with E-state index in [0.717, 1.165) is 61.2 Å². The Morgan fingerprint density at radius 2 is 1.24 bits per heavy atom. The minimum Gasteiger partial charge on any atom is -0.457 e. The Labute approximate surface area is 238 Å². The Hall–Kier alpha value is -5.52. The van der Waals surface area contributed by atoms with E-state index >= 15 is 0 Å². The van der Waals surface area contributed by atoms with E-state index in [-0.39, 0.29) is 0 Å². The fraction of sp³-hybridized carbons (Fsp3) is 0.0256. The van der Waals surface area contributed by atoms with Crippen molar-refractivity contribution in [2.75, 3.05) is 0 Å². The monoisotopic (exact) mass is 522 g/mol. The minimum atomic E-state index is -0.596. The molecule has 0 N–H and O–H groups in total. The van der Waals surface area contributed by atoms with E-state index in [4.69, 9.17) is 9.47 Å². The summed E-state index contributed by atoms with van der Waals surface area (Å²) in [5, 5.41) is 4.35. The SMILES string of the molecule is c1ccc2c(c#1)C1(c3ccccc3-2)c2ccc3ccccc3c2Oc2c1ccc1ccc(Oc3ccccc3)cc21. The highest BCUT2D eigenvalue weighted by Gasteiger charge is 2.52. The molecule has 1 spiro atoms. The fourth-order valence-electron chi connectivity index (χ4n) is 6.91. The molecule has 1 atom stereocenters. The molecule has 9 rings (SSSR count). The molecule has 7 aromatic carbocycles. The second-order valence-corrected chi connectivity index (χ2v) is 10.7. The summed E-state index contributed by atoms with van der Waals surface area (Å²) in [6.45, 7) is 0. The van der Waals surface area contributed by atoms with Crippen LogP contribution in [0.4, 0.5) is 0 Å². The molecular formula is C39H22O2. The van der Waals surface area contributed by atoms with Gasteiger partial charge in [-0.2, -0.15) is 0 Å². The average Bonchev–Trinajstić information content (AvgIpc) is 3.32. The second-order valence-electron chi connectivity index (χ2n) is 10.7. The Kier molecular flexibility index (Phi) is 4.49. The van der Waals surface area contributed by atoms with Crippen molar-refractivity contribution in [2.45, 2.75) is 5.41 Å². The van der Waals surface area contributed by atoms with Crippen molar-refractivity contribution < 1.29 is 9.47 Å². The van der Waals surface area contributed by atoms with Gasteiger partial charge < -0.3 is 9.47 Å². The van der Waals surface area contributed by atoms with Crippen molar-refractivity contribution in [2.24, 2.45) is 0 Å². The van der Waals surface area contributed by atoms with Crippen LogP contribution in [0.2, 0.25) is 0 Å². The standard InChI is InChI=1S/C39H22O2/c1-2-11-27(12-3-1)40-28-21-18-26-20-23-36-38(32(26)24-28)41-37-29-13-5-4-10-25(29)19-22-35(37)39(36)33-16-8-6-14-30(33)31-15-7-9-17-34(31)39/h1-8,10-16,18-24H. The van der Waals surface area contributed by atoms with Gasteiger partial charge in [0.15, 0.2) is 0 Å². The highest BCUT2D eigenvalue weighted by atomic mass is 16.5. The fourth-order valence-corrected chi connectivity index (χ4v) is 6.91. The van der Waals surface area contributed by atoms with Gasteiger partial charge in [-0.1, -0.05) is 109 Å².